The Labute approximate surface area is 93.5 Å². The van der Waals surface area contributed by atoms with E-state index in [-0.39, 0.29) is 16.5 Å². The fourth-order valence-corrected chi connectivity index (χ4v) is 1.65. The summed E-state index contributed by atoms with van der Waals surface area (Å²) in [6.45, 7) is 0. The van der Waals surface area contributed by atoms with Crippen molar-refractivity contribution >= 4 is 16.5 Å². The minimum atomic E-state index is -1.49. The Bertz CT molecular complexity index is 612. The van der Waals surface area contributed by atoms with Crippen LogP contribution < -0.4 is 5.32 Å². The molecule has 0 fully saturated rings. The van der Waals surface area contributed by atoms with Gasteiger partial charge in [-0.05, 0) is 12.1 Å². The minimum Gasteiger partial charge on any atom is -0.504 e. The van der Waals surface area contributed by atoms with Crippen LogP contribution in [0.1, 0.15) is 0 Å². The van der Waals surface area contributed by atoms with Crippen LogP contribution in [0.25, 0.3) is 10.8 Å². The summed E-state index contributed by atoms with van der Waals surface area (Å²) < 4.78 is 52.7. The largest absolute Gasteiger partial charge is 0.504 e. The maximum absolute atomic E-state index is 13.4. The van der Waals surface area contributed by atoms with E-state index in [1.807, 2.05) is 0 Å². The van der Waals surface area contributed by atoms with E-state index in [0.29, 0.717) is 12.1 Å². The number of anilines is 1. The van der Waals surface area contributed by atoms with Crippen molar-refractivity contribution in [1.82, 2.24) is 0 Å². The fourth-order valence-electron chi connectivity index (χ4n) is 1.65. The lowest BCUT2D eigenvalue weighted by molar-refractivity contribution is 0.412. The monoisotopic (exact) mass is 245 g/mol. The third-order valence-electron chi connectivity index (χ3n) is 2.45. The molecule has 6 heteroatoms. The molecule has 0 heterocycles. The molecular weight excluding hydrogens is 238 g/mol. The zero-order valence-electron chi connectivity index (χ0n) is 8.61. The van der Waals surface area contributed by atoms with Crippen LogP contribution in [0.4, 0.5) is 23.2 Å². The number of nitrogens with one attached hydrogen (secondary N) is 1. The molecule has 0 aliphatic heterocycles. The first-order valence-corrected chi connectivity index (χ1v) is 4.63. The normalized spacial score (nSPS) is 10.9. The standard InChI is InChI=1S/C11H7F4NO/c1-16-10-4-2-7(13)9(15)11(17)5(4)3-6(12)8(10)14/h2-3,16-17H,1H3. The second-order valence-corrected chi connectivity index (χ2v) is 3.41. The van der Waals surface area contributed by atoms with E-state index in [2.05, 4.69) is 5.32 Å². The predicted octanol–water partition coefficient (Wildman–Crippen LogP) is 3.14. The van der Waals surface area contributed by atoms with Gasteiger partial charge in [0, 0.05) is 17.8 Å². The quantitative estimate of drug-likeness (QED) is 0.756. The molecule has 0 saturated heterocycles. The van der Waals surface area contributed by atoms with E-state index in [1.165, 1.54) is 7.05 Å². The molecule has 2 aromatic rings. The molecule has 0 bridgehead atoms. The summed E-state index contributed by atoms with van der Waals surface area (Å²) in [6.07, 6.45) is 0. The summed E-state index contributed by atoms with van der Waals surface area (Å²) in [5, 5.41) is 11.2. The van der Waals surface area contributed by atoms with Gasteiger partial charge in [-0.1, -0.05) is 0 Å². The van der Waals surface area contributed by atoms with Crippen LogP contribution in [-0.2, 0) is 0 Å². The second-order valence-electron chi connectivity index (χ2n) is 3.41. The van der Waals surface area contributed by atoms with Gasteiger partial charge in [0.05, 0.1) is 5.69 Å². The first kappa shape index (κ1) is 11.5. The molecule has 0 aliphatic carbocycles. The summed E-state index contributed by atoms with van der Waals surface area (Å²) in [7, 11) is 1.30. The van der Waals surface area contributed by atoms with Gasteiger partial charge in [0.25, 0.3) is 0 Å². The molecule has 90 valence electrons. The average molecular weight is 245 g/mol. The van der Waals surface area contributed by atoms with Gasteiger partial charge in [-0.25, -0.2) is 13.2 Å². The minimum absolute atomic E-state index is 0.136. The van der Waals surface area contributed by atoms with Gasteiger partial charge in [0.1, 0.15) is 0 Å². The number of benzene rings is 2. The highest BCUT2D eigenvalue weighted by Gasteiger charge is 2.19. The van der Waals surface area contributed by atoms with Crippen molar-refractivity contribution in [3.63, 3.8) is 0 Å². The van der Waals surface area contributed by atoms with Gasteiger partial charge < -0.3 is 10.4 Å². The average Bonchev–Trinajstić information content (AvgIpc) is 2.30. The van der Waals surface area contributed by atoms with Crippen molar-refractivity contribution in [1.29, 1.82) is 0 Å². The van der Waals surface area contributed by atoms with Crippen molar-refractivity contribution in [2.24, 2.45) is 0 Å². The summed E-state index contributed by atoms with van der Waals surface area (Å²) in [5.41, 5.74) is -0.339. The number of hydrogen-bond donors (Lipinski definition) is 2. The summed E-state index contributed by atoms with van der Waals surface area (Å²) >= 11 is 0. The van der Waals surface area contributed by atoms with E-state index < -0.39 is 29.0 Å². The third-order valence-corrected chi connectivity index (χ3v) is 2.45. The molecule has 0 aromatic heterocycles. The molecule has 0 spiro atoms. The SMILES string of the molecule is CNc1c(F)c(F)cc2c(O)c(F)c(F)cc12. The summed E-state index contributed by atoms with van der Waals surface area (Å²) in [4.78, 5) is 0. The van der Waals surface area contributed by atoms with Crippen LogP contribution in [0.15, 0.2) is 12.1 Å². The van der Waals surface area contributed by atoms with Crippen molar-refractivity contribution in [2.45, 2.75) is 0 Å². The highest BCUT2D eigenvalue weighted by molar-refractivity contribution is 5.98. The third kappa shape index (κ3) is 1.56. The maximum atomic E-state index is 13.4. The first-order valence-electron chi connectivity index (χ1n) is 4.63. The number of aromatic hydroxyl groups is 1. The lowest BCUT2D eigenvalue weighted by Gasteiger charge is -2.10. The number of phenols is 1. The lowest BCUT2D eigenvalue weighted by Crippen LogP contribution is -1.99. The Balaban J connectivity index is 3.01. The fraction of sp³-hybridized carbons (Fsp3) is 0.0909. The number of phenolic OH excluding ortho intramolecular Hbond substituents is 1. The zero-order valence-corrected chi connectivity index (χ0v) is 8.61. The van der Waals surface area contributed by atoms with Gasteiger partial charge >= 0.3 is 0 Å². The molecule has 17 heavy (non-hydrogen) atoms. The lowest BCUT2D eigenvalue weighted by atomic mass is 10.1. The number of rotatable bonds is 1. The molecule has 0 aliphatic rings. The molecule has 2 rings (SSSR count). The van der Waals surface area contributed by atoms with Gasteiger partial charge in [-0.15, -0.1) is 0 Å². The van der Waals surface area contributed by atoms with E-state index in [0.717, 1.165) is 0 Å². The van der Waals surface area contributed by atoms with Gasteiger partial charge in [0.2, 0.25) is 5.82 Å². The number of fused-ring (bicyclic) bond motifs is 1. The van der Waals surface area contributed by atoms with Crippen molar-refractivity contribution < 1.29 is 22.7 Å². The summed E-state index contributed by atoms with van der Waals surface area (Å²) in [6, 6.07) is 1.31. The predicted molar refractivity (Wildman–Crippen MR) is 55.0 cm³/mol. The van der Waals surface area contributed by atoms with Crippen LogP contribution in [0.3, 0.4) is 0 Å². The van der Waals surface area contributed by atoms with Crippen LogP contribution >= 0.6 is 0 Å². The van der Waals surface area contributed by atoms with Gasteiger partial charge in [0.15, 0.2) is 23.2 Å². The van der Waals surface area contributed by atoms with E-state index in [4.69, 9.17) is 0 Å². The Morgan fingerprint density at radius 2 is 1.47 bits per heavy atom. The van der Waals surface area contributed by atoms with Crippen LogP contribution in [-0.4, -0.2) is 12.2 Å². The Morgan fingerprint density at radius 3 is 2.06 bits per heavy atom. The van der Waals surface area contributed by atoms with E-state index >= 15 is 0 Å². The molecule has 2 nitrogen and oxygen atoms in total. The van der Waals surface area contributed by atoms with E-state index in [1.54, 1.807) is 0 Å². The van der Waals surface area contributed by atoms with Crippen LogP contribution in [0.2, 0.25) is 0 Å². The molecule has 0 unspecified atom stereocenters. The van der Waals surface area contributed by atoms with Crippen LogP contribution in [0, 0.1) is 23.3 Å². The molecule has 0 saturated carbocycles. The van der Waals surface area contributed by atoms with Crippen molar-refractivity contribution in [2.75, 3.05) is 12.4 Å². The van der Waals surface area contributed by atoms with Crippen molar-refractivity contribution in [3.8, 4) is 5.75 Å². The molecule has 0 radical (unpaired) electrons. The van der Waals surface area contributed by atoms with E-state index in [9.17, 15) is 22.7 Å². The Hall–Kier alpha value is -1.98. The zero-order chi connectivity index (χ0) is 12.7. The highest BCUT2D eigenvalue weighted by Crippen LogP contribution is 2.36. The highest BCUT2D eigenvalue weighted by atomic mass is 19.2. The number of halogens is 4. The topological polar surface area (TPSA) is 32.3 Å². The first-order chi connectivity index (χ1) is 7.97. The second kappa shape index (κ2) is 3.80. The summed E-state index contributed by atoms with van der Waals surface area (Å²) in [5.74, 6) is -6.35. The molecule has 2 aromatic carbocycles. The molecule has 0 amide bonds. The molecule has 2 N–H and O–H groups in total. The smallest absolute Gasteiger partial charge is 0.201 e. The maximum Gasteiger partial charge on any atom is 0.201 e. The van der Waals surface area contributed by atoms with Gasteiger partial charge in [-0.2, -0.15) is 4.39 Å². The van der Waals surface area contributed by atoms with Crippen molar-refractivity contribution in [3.05, 3.63) is 35.4 Å². The Morgan fingerprint density at radius 1 is 0.941 bits per heavy atom. The number of hydrogen-bond acceptors (Lipinski definition) is 2. The van der Waals surface area contributed by atoms with Gasteiger partial charge in [-0.3, -0.25) is 0 Å². The molecule has 0 atom stereocenters. The molecular formula is C11H7F4NO. The van der Waals surface area contributed by atoms with Crippen LogP contribution in [0.5, 0.6) is 5.75 Å². The Kier molecular flexibility index (Phi) is 2.57.